The molecule has 1 aliphatic heterocycles. The van der Waals surface area contributed by atoms with Crippen LogP contribution < -0.4 is 10.6 Å². The van der Waals surface area contributed by atoms with Gasteiger partial charge in [-0.1, -0.05) is 6.92 Å². The summed E-state index contributed by atoms with van der Waals surface area (Å²) in [6.45, 7) is 8.15. The predicted octanol–water partition coefficient (Wildman–Crippen LogP) is 3.98. The first-order chi connectivity index (χ1) is 11.5. The number of carbonyl (C=O) groups is 1. The van der Waals surface area contributed by atoms with Crippen LogP contribution in [0.2, 0.25) is 0 Å². The number of rotatable bonds is 5. The normalized spacial score (nSPS) is 19.2. The second-order valence-electron chi connectivity index (χ2n) is 6.70. The Morgan fingerprint density at radius 3 is 3.04 bits per heavy atom. The number of thiazole rings is 1. The highest BCUT2D eigenvalue weighted by molar-refractivity contribution is 7.14. The topological polar surface area (TPSA) is 67.2 Å². The molecule has 6 heteroatoms. The van der Waals surface area contributed by atoms with Crippen LogP contribution in [0.15, 0.2) is 15.9 Å². The van der Waals surface area contributed by atoms with Crippen LogP contribution in [0, 0.1) is 25.7 Å². The Morgan fingerprint density at radius 2 is 2.38 bits per heavy atom. The van der Waals surface area contributed by atoms with Gasteiger partial charge in [0.05, 0.1) is 5.69 Å². The van der Waals surface area contributed by atoms with Gasteiger partial charge >= 0.3 is 0 Å². The molecule has 3 rings (SSSR count). The van der Waals surface area contributed by atoms with Gasteiger partial charge in [-0.2, -0.15) is 0 Å². The molecule has 0 spiro atoms. The first kappa shape index (κ1) is 17.2. The Bertz CT molecular complexity index is 701. The van der Waals surface area contributed by atoms with E-state index in [2.05, 4.69) is 22.5 Å². The monoisotopic (exact) mass is 347 g/mol. The van der Waals surface area contributed by atoms with Crippen LogP contribution in [0.1, 0.15) is 37.7 Å². The van der Waals surface area contributed by atoms with Crippen LogP contribution in [-0.2, 0) is 4.79 Å². The van der Waals surface area contributed by atoms with Gasteiger partial charge in [0, 0.05) is 17.4 Å². The lowest BCUT2D eigenvalue weighted by molar-refractivity contribution is -0.117. The van der Waals surface area contributed by atoms with Gasteiger partial charge < -0.3 is 15.1 Å². The summed E-state index contributed by atoms with van der Waals surface area (Å²) in [5, 5.41) is 8.98. The standard InChI is InChI=1S/C18H25N3O2S/c1-11(14-5-4-6-19-9-14)7-17(22)21-18-20-16(10-24-18)15-8-12(2)23-13(15)3/h8,10-11,14,19H,4-7,9H2,1-3H3,(H,20,21,22). The molecule has 1 aliphatic rings. The van der Waals surface area contributed by atoms with Crippen molar-refractivity contribution in [1.29, 1.82) is 0 Å². The SMILES string of the molecule is Cc1cc(-c2csc(NC(=O)CC(C)C3CCCNC3)n2)c(C)o1. The molecule has 130 valence electrons. The number of carbonyl (C=O) groups excluding carboxylic acids is 1. The summed E-state index contributed by atoms with van der Waals surface area (Å²) in [7, 11) is 0. The summed E-state index contributed by atoms with van der Waals surface area (Å²) in [5.41, 5.74) is 1.85. The highest BCUT2D eigenvalue weighted by Gasteiger charge is 2.22. The number of nitrogens with one attached hydrogen (secondary N) is 2. The minimum absolute atomic E-state index is 0.0501. The van der Waals surface area contributed by atoms with E-state index in [4.69, 9.17) is 4.42 Å². The minimum atomic E-state index is 0.0501. The summed E-state index contributed by atoms with van der Waals surface area (Å²) in [5.74, 6) is 2.75. The third kappa shape index (κ3) is 4.05. The van der Waals surface area contributed by atoms with Crippen molar-refractivity contribution in [1.82, 2.24) is 10.3 Å². The van der Waals surface area contributed by atoms with Crippen molar-refractivity contribution in [3.05, 3.63) is 23.0 Å². The molecule has 2 N–H and O–H groups in total. The van der Waals surface area contributed by atoms with Gasteiger partial charge in [-0.05, 0) is 57.7 Å². The Hall–Kier alpha value is -1.66. The molecule has 2 aromatic heterocycles. The summed E-state index contributed by atoms with van der Waals surface area (Å²) in [6.07, 6.45) is 2.96. The smallest absolute Gasteiger partial charge is 0.226 e. The van der Waals surface area contributed by atoms with Crippen LogP contribution in [0.4, 0.5) is 5.13 Å². The maximum atomic E-state index is 12.3. The van der Waals surface area contributed by atoms with Gasteiger partial charge in [0.25, 0.3) is 0 Å². The molecule has 2 aromatic rings. The van der Waals surface area contributed by atoms with Gasteiger partial charge in [0.15, 0.2) is 5.13 Å². The van der Waals surface area contributed by atoms with E-state index in [0.29, 0.717) is 23.4 Å². The van der Waals surface area contributed by atoms with Gasteiger partial charge in [-0.3, -0.25) is 4.79 Å². The largest absolute Gasteiger partial charge is 0.466 e. The fourth-order valence-electron chi connectivity index (χ4n) is 3.33. The average molecular weight is 347 g/mol. The molecule has 1 amide bonds. The first-order valence-electron chi connectivity index (χ1n) is 8.56. The van der Waals surface area contributed by atoms with Gasteiger partial charge in [-0.25, -0.2) is 4.98 Å². The lowest BCUT2D eigenvalue weighted by Crippen LogP contribution is -2.34. The highest BCUT2D eigenvalue weighted by Crippen LogP contribution is 2.30. The molecule has 2 unspecified atom stereocenters. The van der Waals surface area contributed by atoms with E-state index in [1.54, 1.807) is 0 Å². The van der Waals surface area contributed by atoms with Crippen LogP contribution in [0.25, 0.3) is 11.3 Å². The summed E-state index contributed by atoms with van der Waals surface area (Å²) < 4.78 is 5.55. The van der Waals surface area contributed by atoms with Gasteiger partial charge in [0.2, 0.25) is 5.91 Å². The van der Waals surface area contributed by atoms with Crippen LogP contribution >= 0.6 is 11.3 Å². The van der Waals surface area contributed by atoms with Gasteiger partial charge in [0.1, 0.15) is 11.5 Å². The van der Waals surface area contributed by atoms with E-state index < -0.39 is 0 Å². The second kappa shape index (κ2) is 7.49. The summed E-state index contributed by atoms with van der Waals surface area (Å²) in [6, 6.07) is 1.98. The number of furan rings is 1. The maximum Gasteiger partial charge on any atom is 0.226 e. The van der Waals surface area contributed by atoms with E-state index in [9.17, 15) is 4.79 Å². The molecule has 1 saturated heterocycles. The molecule has 0 bridgehead atoms. The van der Waals surface area contributed by atoms with Crippen LogP contribution in [0.5, 0.6) is 0 Å². The number of piperidine rings is 1. The molecule has 0 radical (unpaired) electrons. The van der Waals surface area contributed by atoms with E-state index >= 15 is 0 Å². The zero-order valence-electron chi connectivity index (χ0n) is 14.5. The van der Waals surface area contributed by atoms with E-state index in [-0.39, 0.29) is 5.91 Å². The van der Waals surface area contributed by atoms with Crippen LogP contribution in [-0.4, -0.2) is 24.0 Å². The van der Waals surface area contributed by atoms with Crippen molar-refractivity contribution in [2.24, 2.45) is 11.8 Å². The van der Waals surface area contributed by atoms with Crippen molar-refractivity contribution in [3.8, 4) is 11.3 Å². The van der Waals surface area contributed by atoms with E-state index in [0.717, 1.165) is 35.9 Å². The number of hydrogen-bond acceptors (Lipinski definition) is 5. The Labute approximate surface area is 146 Å². The quantitative estimate of drug-likeness (QED) is 0.858. The zero-order chi connectivity index (χ0) is 17.1. The number of anilines is 1. The van der Waals surface area contributed by atoms with Gasteiger partial charge in [-0.15, -0.1) is 11.3 Å². The second-order valence-corrected chi connectivity index (χ2v) is 7.56. The number of aromatic nitrogens is 1. The minimum Gasteiger partial charge on any atom is -0.466 e. The molecule has 24 heavy (non-hydrogen) atoms. The third-order valence-corrected chi connectivity index (χ3v) is 5.47. The number of hydrogen-bond donors (Lipinski definition) is 2. The van der Waals surface area contributed by atoms with Crippen molar-refractivity contribution in [2.45, 2.75) is 40.0 Å². The molecule has 2 atom stereocenters. The lowest BCUT2D eigenvalue weighted by atomic mass is 9.85. The van der Waals surface area contributed by atoms with Crippen molar-refractivity contribution in [2.75, 3.05) is 18.4 Å². The summed E-state index contributed by atoms with van der Waals surface area (Å²) in [4.78, 5) is 16.8. The Kier molecular flexibility index (Phi) is 5.36. The number of amides is 1. The highest BCUT2D eigenvalue weighted by atomic mass is 32.1. The van der Waals surface area contributed by atoms with E-state index in [1.807, 2.05) is 25.3 Å². The molecular weight excluding hydrogens is 322 g/mol. The molecule has 0 saturated carbocycles. The Balaban J connectivity index is 1.58. The first-order valence-corrected chi connectivity index (χ1v) is 9.44. The van der Waals surface area contributed by atoms with Crippen molar-refractivity contribution >= 4 is 22.4 Å². The molecule has 5 nitrogen and oxygen atoms in total. The number of aryl methyl sites for hydroxylation is 2. The fraction of sp³-hybridized carbons (Fsp3) is 0.556. The van der Waals surface area contributed by atoms with E-state index in [1.165, 1.54) is 24.2 Å². The lowest BCUT2D eigenvalue weighted by Gasteiger charge is -2.27. The number of nitrogens with zero attached hydrogens (tertiary/aromatic N) is 1. The Morgan fingerprint density at radius 1 is 1.54 bits per heavy atom. The maximum absolute atomic E-state index is 12.3. The zero-order valence-corrected chi connectivity index (χ0v) is 15.3. The summed E-state index contributed by atoms with van der Waals surface area (Å²) >= 11 is 1.46. The predicted molar refractivity (Wildman–Crippen MR) is 97.3 cm³/mol. The average Bonchev–Trinajstić information content (AvgIpc) is 3.14. The molecule has 3 heterocycles. The fourth-order valence-corrected chi connectivity index (χ4v) is 4.06. The van der Waals surface area contributed by atoms with Crippen LogP contribution in [0.3, 0.4) is 0 Å². The molecular formula is C18H25N3O2S. The molecule has 0 aliphatic carbocycles. The van der Waals surface area contributed by atoms with Crippen molar-refractivity contribution in [3.63, 3.8) is 0 Å². The third-order valence-electron chi connectivity index (χ3n) is 4.71. The molecule has 0 aromatic carbocycles. The molecule has 1 fully saturated rings. The van der Waals surface area contributed by atoms with Crippen molar-refractivity contribution < 1.29 is 9.21 Å².